The first-order valence-electron chi connectivity index (χ1n) is 9.51. The van der Waals surface area contributed by atoms with Crippen LogP contribution in [-0.4, -0.2) is 38.9 Å². The normalized spacial score (nSPS) is 11.5. The SMILES string of the molecule is CC(C)N(CCc1nnc(-c2ccccc2Nc2ccc(C(F)(F)F)cc2)o1)C(=O)O. The maximum absolute atomic E-state index is 12.8. The van der Waals surface area contributed by atoms with Gasteiger partial charge in [0.1, 0.15) is 0 Å². The fourth-order valence-electron chi connectivity index (χ4n) is 2.93. The van der Waals surface area contributed by atoms with Gasteiger partial charge in [-0.05, 0) is 50.2 Å². The van der Waals surface area contributed by atoms with Gasteiger partial charge in [-0.15, -0.1) is 10.2 Å². The van der Waals surface area contributed by atoms with Crippen molar-refractivity contribution in [2.45, 2.75) is 32.5 Å². The first-order chi connectivity index (χ1) is 14.6. The number of hydrogen-bond acceptors (Lipinski definition) is 5. The van der Waals surface area contributed by atoms with E-state index in [9.17, 15) is 23.1 Å². The molecule has 0 bridgehead atoms. The quantitative estimate of drug-likeness (QED) is 0.515. The number of nitrogens with one attached hydrogen (secondary N) is 1. The van der Waals surface area contributed by atoms with E-state index in [1.54, 1.807) is 38.1 Å². The highest BCUT2D eigenvalue weighted by molar-refractivity contribution is 5.76. The van der Waals surface area contributed by atoms with Crippen molar-refractivity contribution in [1.82, 2.24) is 15.1 Å². The Morgan fingerprint density at radius 2 is 1.81 bits per heavy atom. The third kappa shape index (κ3) is 5.53. The standard InChI is InChI=1S/C21H21F3N4O3/c1-13(2)28(20(29)30)12-11-18-26-27-19(31-18)16-5-3-4-6-17(16)25-15-9-7-14(8-10-15)21(22,23)24/h3-10,13,25H,11-12H2,1-2H3,(H,29,30). The fraction of sp³-hybridized carbons (Fsp3) is 0.286. The van der Waals surface area contributed by atoms with Crippen LogP contribution < -0.4 is 5.32 Å². The van der Waals surface area contributed by atoms with Crippen LogP contribution in [0.15, 0.2) is 52.9 Å². The smallest absolute Gasteiger partial charge is 0.416 e. The maximum Gasteiger partial charge on any atom is 0.416 e. The summed E-state index contributed by atoms with van der Waals surface area (Å²) in [6.45, 7) is 3.76. The van der Waals surface area contributed by atoms with Crippen LogP contribution in [-0.2, 0) is 12.6 Å². The molecule has 0 atom stereocenters. The Labute approximate surface area is 176 Å². The lowest BCUT2D eigenvalue weighted by Gasteiger charge is -2.22. The van der Waals surface area contributed by atoms with E-state index in [0.717, 1.165) is 12.1 Å². The van der Waals surface area contributed by atoms with E-state index >= 15 is 0 Å². The number of benzene rings is 2. The lowest BCUT2D eigenvalue weighted by molar-refractivity contribution is -0.137. The number of carbonyl (C=O) groups is 1. The Morgan fingerprint density at radius 1 is 1.13 bits per heavy atom. The molecule has 1 aromatic heterocycles. The van der Waals surface area contributed by atoms with Crippen molar-refractivity contribution in [3.63, 3.8) is 0 Å². The Balaban J connectivity index is 1.76. The van der Waals surface area contributed by atoms with Gasteiger partial charge in [0.15, 0.2) is 0 Å². The molecule has 7 nitrogen and oxygen atoms in total. The largest absolute Gasteiger partial charge is 0.465 e. The summed E-state index contributed by atoms with van der Waals surface area (Å²) in [4.78, 5) is 12.5. The molecule has 2 aromatic carbocycles. The molecule has 164 valence electrons. The van der Waals surface area contributed by atoms with Gasteiger partial charge in [-0.25, -0.2) is 4.79 Å². The zero-order valence-electron chi connectivity index (χ0n) is 16.8. The Hall–Kier alpha value is -3.56. The molecule has 10 heteroatoms. The van der Waals surface area contributed by atoms with Crippen molar-refractivity contribution in [1.29, 1.82) is 0 Å². The van der Waals surface area contributed by atoms with Crippen molar-refractivity contribution in [3.8, 4) is 11.5 Å². The molecule has 0 spiro atoms. The van der Waals surface area contributed by atoms with Crippen LogP contribution in [0.5, 0.6) is 0 Å². The number of aromatic nitrogens is 2. The van der Waals surface area contributed by atoms with E-state index in [2.05, 4.69) is 15.5 Å². The number of rotatable bonds is 7. The molecule has 0 radical (unpaired) electrons. The number of para-hydroxylation sites is 1. The second-order valence-corrected chi connectivity index (χ2v) is 7.07. The zero-order chi connectivity index (χ0) is 22.6. The van der Waals surface area contributed by atoms with Crippen LogP contribution in [0.3, 0.4) is 0 Å². The second-order valence-electron chi connectivity index (χ2n) is 7.07. The highest BCUT2D eigenvalue weighted by Gasteiger charge is 2.30. The lowest BCUT2D eigenvalue weighted by atomic mass is 10.1. The Bertz CT molecular complexity index is 1030. The summed E-state index contributed by atoms with van der Waals surface area (Å²) in [5.41, 5.74) is 0.880. The Kier molecular flexibility index (Phi) is 6.47. The van der Waals surface area contributed by atoms with E-state index in [1.807, 2.05) is 0 Å². The molecule has 0 aliphatic heterocycles. The summed E-state index contributed by atoms with van der Waals surface area (Å²) >= 11 is 0. The number of amides is 1. The van der Waals surface area contributed by atoms with Crippen molar-refractivity contribution in [2.24, 2.45) is 0 Å². The van der Waals surface area contributed by atoms with Crippen molar-refractivity contribution in [2.75, 3.05) is 11.9 Å². The second kappa shape index (κ2) is 9.07. The highest BCUT2D eigenvalue weighted by atomic mass is 19.4. The number of nitrogens with zero attached hydrogens (tertiary/aromatic N) is 3. The number of halogens is 3. The summed E-state index contributed by atoms with van der Waals surface area (Å²) in [7, 11) is 0. The topological polar surface area (TPSA) is 91.5 Å². The van der Waals surface area contributed by atoms with Gasteiger partial charge in [-0.3, -0.25) is 0 Å². The average molecular weight is 434 g/mol. The van der Waals surface area contributed by atoms with Crippen molar-refractivity contribution < 1.29 is 27.5 Å². The molecule has 1 heterocycles. The molecule has 0 fully saturated rings. The number of carboxylic acid groups (broad SMARTS) is 1. The molecule has 0 saturated carbocycles. The van der Waals surface area contributed by atoms with Crippen LogP contribution in [0.4, 0.5) is 29.3 Å². The first kappa shape index (κ1) is 22.1. The third-order valence-corrected chi connectivity index (χ3v) is 4.55. The van der Waals surface area contributed by atoms with Crippen LogP contribution in [0, 0.1) is 0 Å². The van der Waals surface area contributed by atoms with Gasteiger partial charge in [-0.1, -0.05) is 12.1 Å². The molecule has 3 rings (SSSR count). The van der Waals surface area contributed by atoms with E-state index in [4.69, 9.17) is 4.42 Å². The van der Waals surface area contributed by atoms with Gasteiger partial charge in [0.2, 0.25) is 11.8 Å². The minimum atomic E-state index is -4.40. The minimum absolute atomic E-state index is 0.187. The van der Waals surface area contributed by atoms with Gasteiger partial charge >= 0.3 is 12.3 Å². The zero-order valence-corrected chi connectivity index (χ0v) is 16.8. The fourth-order valence-corrected chi connectivity index (χ4v) is 2.93. The van der Waals surface area contributed by atoms with Gasteiger partial charge in [0.05, 0.1) is 16.8 Å². The van der Waals surface area contributed by atoms with Crippen LogP contribution in [0.1, 0.15) is 25.3 Å². The molecule has 3 aromatic rings. The van der Waals surface area contributed by atoms with Crippen LogP contribution in [0.2, 0.25) is 0 Å². The van der Waals surface area contributed by atoms with Gasteiger partial charge in [-0.2, -0.15) is 13.2 Å². The first-order valence-corrected chi connectivity index (χ1v) is 9.51. The molecule has 2 N–H and O–H groups in total. The summed E-state index contributed by atoms with van der Waals surface area (Å²) in [5.74, 6) is 0.502. The molecular weight excluding hydrogens is 413 g/mol. The molecular formula is C21H21F3N4O3. The van der Waals surface area contributed by atoms with E-state index in [-0.39, 0.29) is 30.8 Å². The highest BCUT2D eigenvalue weighted by Crippen LogP contribution is 2.32. The number of alkyl halides is 3. The van der Waals surface area contributed by atoms with Crippen LogP contribution >= 0.6 is 0 Å². The van der Waals surface area contributed by atoms with E-state index in [1.165, 1.54) is 17.0 Å². The summed E-state index contributed by atoms with van der Waals surface area (Å²) in [6, 6.07) is 11.5. The van der Waals surface area contributed by atoms with Crippen LogP contribution in [0.25, 0.3) is 11.5 Å². The predicted octanol–water partition coefficient (Wildman–Crippen LogP) is 5.43. The summed E-state index contributed by atoms with van der Waals surface area (Å²) in [6.07, 6.45) is -5.17. The average Bonchev–Trinajstić information content (AvgIpc) is 3.16. The Morgan fingerprint density at radius 3 is 2.42 bits per heavy atom. The molecule has 1 amide bonds. The third-order valence-electron chi connectivity index (χ3n) is 4.55. The van der Waals surface area contributed by atoms with E-state index in [0.29, 0.717) is 16.9 Å². The monoisotopic (exact) mass is 434 g/mol. The number of anilines is 2. The van der Waals surface area contributed by atoms with Gasteiger partial charge < -0.3 is 19.7 Å². The lowest BCUT2D eigenvalue weighted by Crippen LogP contribution is -2.37. The van der Waals surface area contributed by atoms with E-state index < -0.39 is 17.8 Å². The summed E-state index contributed by atoms with van der Waals surface area (Å²) in [5, 5.41) is 20.3. The molecule has 0 unspecified atom stereocenters. The van der Waals surface area contributed by atoms with Gasteiger partial charge in [0, 0.05) is 24.7 Å². The van der Waals surface area contributed by atoms with Crippen molar-refractivity contribution >= 4 is 17.5 Å². The summed E-state index contributed by atoms with van der Waals surface area (Å²) < 4.78 is 43.9. The molecule has 31 heavy (non-hydrogen) atoms. The molecule has 0 aliphatic rings. The predicted molar refractivity (Wildman–Crippen MR) is 108 cm³/mol. The molecule has 0 saturated heterocycles. The number of hydrogen-bond donors (Lipinski definition) is 2. The minimum Gasteiger partial charge on any atom is -0.465 e. The maximum atomic E-state index is 12.8. The van der Waals surface area contributed by atoms with Crippen molar-refractivity contribution in [3.05, 3.63) is 60.0 Å². The molecule has 0 aliphatic carbocycles. The van der Waals surface area contributed by atoms with Gasteiger partial charge in [0.25, 0.3) is 0 Å².